The summed E-state index contributed by atoms with van der Waals surface area (Å²) in [5.41, 5.74) is 2.87. The van der Waals surface area contributed by atoms with Crippen molar-refractivity contribution in [3.8, 4) is 11.4 Å². The number of rotatable bonds is 3. The highest BCUT2D eigenvalue weighted by Gasteiger charge is 2.54. The summed E-state index contributed by atoms with van der Waals surface area (Å²) in [5, 5.41) is 4.47. The Bertz CT molecular complexity index is 1290. The van der Waals surface area contributed by atoms with Crippen LogP contribution in [0.25, 0.3) is 11.4 Å². The molecule has 34 heavy (non-hydrogen) atoms. The van der Waals surface area contributed by atoms with Gasteiger partial charge in [-0.15, -0.1) is 0 Å². The second kappa shape index (κ2) is 6.97. The van der Waals surface area contributed by atoms with Crippen LogP contribution in [0.5, 0.6) is 0 Å². The number of nitrogens with zero attached hydrogens (tertiary/aromatic N) is 3. The van der Waals surface area contributed by atoms with Gasteiger partial charge in [-0.05, 0) is 99.5 Å². The largest absolute Gasteiger partial charge is 0.338 e. The highest BCUT2D eigenvalue weighted by atomic mass is 32.2. The molecule has 5 fully saturated rings. The lowest BCUT2D eigenvalue weighted by atomic mass is 9.49. The van der Waals surface area contributed by atoms with Crippen LogP contribution in [0, 0.1) is 17.8 Å². The molecule has 5 aliphatic carbocycles. The molecule has 3 aromatic rings. The van der Waals surface area contributed by atoms with Crippen molar-refractivity contribution in [3.63, 3.8) is 0 Å². The molecule has 1 aromatic heterocycles. The van der Waals surface area contributed by atoms with Crippen LogP contribution in [0.15, 0.2) is 56.8 Å². The highest BCUT2D eigenvalue weighted by Crippen LogP contribution is 2.60. The van der Waals surface area contributed by atoms with Crippen molar-refractivity contribution in [2.45, 2.75) is 72.6 Å². The van der Waals surface area contributed by atoms with Gasteiger partial charge >= 0.3 is 0 Å². The minimum Gasteiger partial charge on any atom is -0.338 e. The van der Waals surface area contributed by atoms with Gasteiger partial charge in [-0.3, -0.25) is 4.79 Å². The van der Waals surface area contributed by atoms with Gasteiger partial charge in [0.15, 0.2) is 0 Å². The lowest BCUT2D eigenvalue weighted by Crippen LogP contribution is -2.48. The van der Waals surface area contributed by atoms with E-state index in [-0.39, 0.29) is 11.3 Å². The lowest BCUT2D eigenvalue weighted by Gasteiger charge is -2.55. The molecule has 6 aliphatic rings. The summed E-state index contributed by atoms with van der Waals surface area (Å²) in [6.45, 7) is 0. The normalized spacial score (nSPS) is 31.4. The lowest BCUT2D eigenvalue weighted by molar-refractivity contribution is -0.0201. The third kappa shape index (κ3) is 2.90. The molecule has 5 nitrogen and oxygen atoms in total. The van der Waals surface area contributed by atoms with Crippen LogP contribution >= 0.6 is 11.8 Å². The number of hydrogen-bond acceptors (Lipinski definition) is 5. The van der Waals surface area contributed by atoms with E-state index in [9.17, 15) is 4.79 Å². The van der Waals surface area contributed by atoms with Crippen molar-refractivity contribution in [2.24, 2.45) is 17.8 Å². The number of aromatic nitrogens is 2. The molecule has 2 aromatic carbocycles. The summed E-state index contributed by atoms with van der Waals surface area (Å²) in [7, 11) is 0. The topological polar surface area (TPSA) is 59.2 Å². The zero-order chi connectivity index (χ0) is 22.4. The number of amides is 1. The average Bonchev–Trinajstić information content (AvgIpc) is 3.54. The Morgan fingerprint density at radius 3 is 2.41 bits per heavy atom. The molecular formula is C28H27N3O2S. The Hall–Kier alpha value is -2.60. The average molecular weight is 470 g/mol. The van der Waals surface area contributed by atoms with Gasteiger partial charge < -0.3 is 9.42 Å². The van der Waals surface area contributed by atoms with E-state index in [1.54, 1.807) is 11.8 Å². The zero-order valence-corrected chi connectivity index (χ0v) is 19.9. The van der Waals surface area contributed by atoms with Crippen LogP contribution in [-0.2, 0) is 5.41 Å². The third-order valence-corrected chi connectivity index (χ3v) is 9.99. The summed E-state index contributed by atoms with van der Waals surface area (Å²) >= 11 is 1.67. The molecule has 0 radical (unpaired) electrons. The minimum atomic E-state index is 0.106. The van der Waals surface area contributed by atoms with Crippen molar-refractivity contribution in [2.75, 3.05) is 4.90 Å². The number of carbonyl (C=O) groups excluding carboxylic acids is 1. The molecule has 0 atom stereocenters. The third-order valence-electron chi connectivity index (χ3n) is 8.86. The summed E-state index contributed by atoms with van der Waals surface area (Å²) in [6, 6.07) is 14.6. The van der Waals surface area contributed by atoms with E-state index in [2.05, 4.69) is 23.4 Å². The van der Waals surface area contributed by atoms with Crippen molar-refractivity contribution < 1.29 is 9.32 Å². The Morgan fingerprint density at radius 2 is 1.68 bits per heavy atom. The first-order chi connectivity index (χ1) is 16.6. The van der Waals surface area contributed by atoms with Crippen molar-refractivity contribution >= 4 is 23.4 Å². The smallest absolute Gasteiger partial charge is 0.259 e. The van der Waals surface area contributed by atoms with Crippen LogP contribution < -0.4 is 4.90 Å². The maximum Gasteiger partial charge on any atom is 0.259 e. The number of anilines is 1. The summed E-state index contributed by atoms with van der Waals surface area (Å²) < 4.78 is 5.98. The molecule has 0 spiro atoms. The molecule has 2 heterocycles. The van der Waals surface area contributed by atoms with Gasteiger partial charge in [-0.25, -0.2) is 0 Å². The van der Waals surface area contributed by atoms with Crippen molar-refractivity contribution in [1.29, 1.82) is 0 Å². The number of fused-ring (bicyclic) bond motifs is 2. The van der Waals surface area contributed by atoms with Gasteiger partial charge in [0.1, 0.15) is 0 Å². The molecule has 1 amide bonds. The molecule has 172 valence electrons. The number of carbonyl (C=O) groups is 1. The summed E-state index contributed by atoms with van der Waals surface area (Å²) in [5.74, 6) is 4.19. The van der Waals surface area contributed by atoms with Gasteiger partial charge in [0.05, 0.1) is 16.7 Å². The first-order valence-corrected chi connectivity index (χ1v) is 13.6. The van der Waals surface area contributed by atoms with E-state index in [1.165, 1.54) is 38.5 Å². The molecule has 0 saturated heterocycles. The molecule has 0 N–H and O–H groups in total. The number of hydrogen-bond donors (Lipinski definition) is 0. The first-order valence-electron chi connectivity index (χ1n) is 12.7. The van der Waals surface area contributed by atoms with Gasteiger partial charge in [0.2, 0.25) is 11.7 Å². The Kier molecular flexibility index (Phi) is 4.03. The van der Waals surface area contributed by atoms with Crippen LogP contribution in [-0.4, -0.2) is 22.1 Å². The van der Waals surface area contributed by atoms with Gasteiger partial charge in [-0.1, -0.05) is 29.1 Å². The predicted molar refractivity (Wildman–Crippen MR) is 130 cm³/mol. The van der Waals surface area contributed by atoms with E-state index >= 15 is 0 Å². The molecule has 9 rings (SSSR count). The standard InChI is InChI=1S/C28H27N3O2S/c32-26-21-3-1-2-4-23(21)34-24-12-19(5-8-22(24)31(26)20-6-7-20)25-29-27(33-30-25)28-13-16-9-17(14-28)11-18(10-16)15-28/h1-5,8,12,16-18,20H,6-7,9-11,13-15H2. The fraction of sp³-hybridized carbons (Fsp3) is 0.464. The van der Waals surface area contributed by atoms with Gasteiger partial charge in [0, 0.05) is 21.4 Å². The Balaban J connectivity index is 1.18. The summed E-state index contributed by atoms with van der Waals surface area (Å²) in [4.78, 5) is 22.5. The Labute approximate surface area is 203 Å². The van der Waals surface area contributed by atoms with Gasteiger partial charge in [-0.2, -0.15) is 4.98 Å². The van der Waals surface area contributed by atoms with Crippen molar-refractivity contribution in [1.82, 2.24) is 10.1 Å². The fourth-order valence-corrected chi connectivity index (χ4v) is 8.75. The maximum absolute atomic E-state index is 13.4. The molecule has 5 saturated carbocycles. The number of benzene rings is 2. The van der Waals surface area contributed by atoms with Crippen molar-refractivity contribution in [3.05, 3.63) is 53.9 Å². The molecule has 4 bridgehead atoms. The van der Waals surface area contributed by atoms with E-state index in [0.29, 0.717) is 11.9 Å². The molecule has 1 aliphatic heterocycles. The first kappa shape index (κ1) is 19.7. The van der Waals surface area contributed by atoms with Gasteiger partial charge in [0.25, 0.3) is 5.91 Å². The van der Waals surface area contributed by atoms with E-state index < -0.39 is 0 Å². The van der Waals surface area contributed by atoms with Crippen LogP contribution in [0.1, 0.15) is 67.6 Å². The van der Waals surface area contributed by atoms with Crippen LogP contribution in [0.4, 0.5) is 5.69 Å². The minimum absolute atomic E-state index is 0.106. The summed E-state index contributed by atoms with van der Waals surface area (Å²) in [6.07, 6.45) is 10.00. The Morgan fingerprint density at radius 1 is 0.941 bits per heavy atom. The second-order valence-corrected chi connectivity index (χ2v) is 12.4. The second-order valence-electron chi connectivity index (χ2n) is 11.3. The SMILES string of the molecule is O=C1c2ccccc2Sc2cc(-c3noc(C45CC6CC(CC(C6)C4)C5)n3)ccc2N1C1CC1. The van der Waals surface area contributed by atoms with E-state index in [4.69, 9.17) is 9.51 Å². The van der Waals surface area contributed by atoms with Crippen LogP contribution in [0.2, 0.25) is 0 Å². The molecule has 6 heteroatoms. The predicted octanol–water partition coefficient (Wildman–Crippen LogP) is 6.48. The highest BCUT2D eigenvalue weighted by molar-refractivity contribution is 7.99. The quantitative estimate of drug-likeness (QED) is 0.439. The molecular weight excluding hydrogens is 442 g/mol. The van der Waals surface area contributed by atoms with Crippen LogP contribution in [0.3, 0.4) is 0 Å². The monoisotopic (exact) mass is 469 g/mol. The fourth-order valence-electron chi connectivity index (χ4n) is 7.65. The van der Waals surface area contributed by atoms with E-state index in [1.807, 2.05) is 29.2 Å². The van der Waals surface area contributed by atoms with E-state index in [0.717, 1.165) is 63.1 Å². The molecule has 0 unspecified atom stereocenters. The maximum atomic E-state index is 13.4. The zero-order valence-electron chi connectivity index (χ0n) is 19.1.